The molecule has 1 aliphatic heterocycles. The first-order valence-electron chi connectivity index (χ1n) is 10.7. The molecule has 7 heteroatoms. The summed E-state index contributed by atoms with van der Waals surface area (Å²) in [5.74, 6) is 0. The fraction of sp³-hybridized carbons (Fsp3) is 0.609. The first kappa shape index (κ1) is 23.5. The summed E-state index contributed by atoms with van der Waals surface area (Å²) in [6.45, 7) is 7.53. The number of benzene rings is 1. The monoisotopic (exact) mass is 414 g/mol. The lowest BCUT2D eigenvalue weighted by Crippen LogP contribution is -2.47. The number of likely N-dealkylation sites (tertiary alicyclic amines) is 1. The fourth-order valence-electron chi connectivity index (χ4n) is 3.48. The Morgan fingerprint density at radius 1 is 1.13 bits per heavy atom. The SMILES string of the molecule is CC(C)(C)OC(=O)NCCCNC(=O)N1CCC(C#N)(CCc2ccccc2)CC1. The molecule has 1 heterocycles. The molecular formula is C23H34N4O3. The van der Waals surface area contributed by atoms with Gasteiger partial charge in [-0.05, 0) is 58.4 Å². The number of hydrogen-bond donors (Lipinski definition) is 2. The van der Waals surface area contributed by atoms with E-state index in [1.165, 1.54) is 5.56 Å². The molecule has 0 radical (unpaired) electrons. The zero-order valence-corrected chi connectivity index (χ0v) is 18.4. The second-order valence-corrected chi connectivity index (χ2v) is 8.88. The smallest absolute Gasteiger partial charge is 0.407 e. The van der Waals surface area contributed by atoms with E-state index in [-0.39, 0.29) is 11.4 Å². The van der Waals surface area contributed by atoms with Gasteiger partial charge in [-0.25, -0.2) is 9.59 Å². The Balaban J connectivity index is 1.65. The maximum Gasteiger partial charge on any atom is 0.407 e. The highest BCUT2D eigenvalue weighted by Crippen LogP contribution is 2.35. The standard InChI is InChI=1S/C23H34N4O3/c1-22(2,3)30-21(29)26-15-7-14-25-20(28)27-16-12-23(18-24,13-17-27)11-10-19-8-5-4-6-9-19/h4-6,8-9H,7,10-17H2,1-3H3,(H,25,28)(H,26,29). The van der Waals surface area contributed by atoms with Crippen LogP contribution in [0.1, 0.15) is 52.0 Å². The Labute approximate surface area is 179 Å². The van der Waals surface area contributed by atoms with E-state index in [0.717, 1.165) is 12.8 Å². The first-order valence-corrected chi connectivity index (χ1v) is 10.7. The van der Waals surface area contributed by atoms with Gasteiger partial charge in [0.05, 0.1) is 11.5 Å². The van der Waals surface area contributed by atoms with Gasteiger partial charge in [-0.1, -0.05) is 30.3 Å². The molecule has 0 unspecified atom stereocenters. The number of amides is 3. The van der Waals surface area contributed by atoms with Gasteiger partial charge in [0.25, 0.3) is 0 Å². The number of nitrogens with zero attached hydrogens (tertiary/aromatic N) is 2. The van der Waals surface area contributed by atoms with Crippen molar-refractivity contribution in [3.63, 3.8) is 0 Å². The number of carbonyl (C=O) groups excluding carboxylic acids is 2. The van der Waals surface area contributed by atoms with Crippen molar-refractivity contribution in [2.24, 2.45) is 5.41 Å². The number of rotatable bonds is 7. The van der Waals surface area contributed by atoms with Gasteiger partial charge in [0.2, 0.25) is 0 Å². The molecule has 0 bridgehead atoms. The number of hydrogen-bond acceptors (Lipinski definition) is 4. The normalized spacial score (nSPS) is 15.7. The molecule has 2 N–H and O–H groups in total. The molecule has 164 valence electrons. The van der Waals surface area contributed by atoms with Crippen molar-refractivity contribution in [3.8, 4) is 6.07 Å². The van der Waals surface area contributed by atoms with Crippen molar-refractivity contribution in [2.75, 3.05) is 26.2 Å². The number of ether oxygens (including phenoxy) is 1. The summed E-state index contributed by atoms with van der Waals surface area (Å²) >= 11 is 0. The lowest BCUT2D eigenvalue weighted by atomic mass is 9.75. The van der Waals surface area contributed by atoms with E-state index in [0.29, 0.717) is 45.4 Å². The lowest BCUT2D eigenvalue weighted by molar-refractivity contribution is 0.0527. The predicted octanol–water partition coefficient (Wildman–Crippen LogP) is 3.85. The molecule has 3 amide bonds. The van der Waals surface area contributed by atoms with E-state index < -0.39 is 11.7 Å². The highest BCUT2D eigenvalue weighted by Gasteiger charge is 2.35. The molecule has 0 spiro atoms. The van der Waals surface area contributed by atoms with Gasteiger partial charge in [-0.3, -0.25) is 0 Å². The first-order chi connectivity index (χ1) is 14.2. The third-order valence-electron chi connectivity index (χ3n) is 5.28. The van der Waals surface area contributed by atoms with Crippen LogP contribution in [0, 0.1) is 16.7 Å². The molecule has 0 aliphatic carbocycles. The average Bonchev–Trinajstić information content (AvgIpc) is 2.71. The van der Waals surface area contributed by atoms with Gasteiger partial charge in [-0.2, -0.15) is 5.26 Å². The van der Waals surface area contributed by atoms with Crippen LogP contribution in [0.15, 0.2) is 30.3 Å². The zero-order chi connectivity index (χ0) is 22.0. The zero-order valence-electron chi connectivity index (χ0n) is 18.4. The van der Waals surface area contributed by atoms with E-state index in [1.807, 2.05) is 39.0 Å². The Hall–Kier alpha value is -2.75. The Bertz CT molecular complexity index is 729. The van der Waals surface area contributed by atoms with Gasteiger partial charge in [0.15, 0.2) is 0 Å². The van der Waals surface area contributed by atoms with Crippen LogP contribution in [-0.4, -0.2) is 48.8 Å². The van der Waals surface area contributed by atoms with E-state index in [9.17, 15) is 14.9 Å². The molecule has 7 nitrogen and oxygen atoms in total. The van der Waals surface area contributed by atoms with E-state index >= 15 is 0 Å². The topological polar surface area (TPSA) is 94.5 Å². The number of aryl methyl sites for hydroxylation is 1. The predicted molar refractivity (Wildman–Crippen MR) is 116 cm³/mol. The molecule has 1 fully saturated rings. The Morgan fingerprint density at radius 2 is 1.77 bits per heavy atom. The van der Waals surface area contributed by atoms with Crippen molar-refractivity contribution in [1.29, 1.82) is 5.26 Å². The molecule has 1 aromatic carbocycles. The molecule has 0 atom stereocenters. The molecular weight excluding hydrogens is 380 g/mol. The van der Waals surface area contributed by atoms with Crippen molar-refractivity contribution >= 4 is 12.1 Å². The summed E-state index contributed by atoms with van der Waals surface area (Å²) in [7, 11) is 0. The van der Waals surface area contributed by atoms with Crippen LogP contribution < -0.4 is 10.6 Å². The summed E-state index contributed by atoms with van der Waals surface area (Å²) in [4.78, 5) is 25.7. The number of nitrogens with one attached hydrogen (secondary N) is 2. The van der Waals surface area contributed by atoms with Crippen LogP contribution in [0.2, 0.25) is 0 Å². The third kappa shape index (κ3) is 7.94. The highest BCUT2D eigenvalue weighted by molar-refractivity contribution is 5.74. The lowest BCUT2D eigenvalue weighted by Gasteiger charge is -2.37. The Morgan fingerprint density at radius 3 is 2.37 bits per heavy atom. The second kappa shape index (κ2) is 10.9. The molecule has 1 aliphatic rings. The number of carbonyl (C=O) groups is 2. The minimum absolute atomic E-state index is 0.109. The second-order valence-electron chi connectivity index (χ2n) is 8.88. The minimum Gasteiger partial charge on any atom is -0.444 e. The maximum atomic E-state index is 12.4. The summed E-state index contributed by atoms with van der Waals surface area (Å²) in [6, 6.07) is 12.6. The summed E-state index contributed by atoms with van der Waals surface area (Å²) in [6.07, 6.45) is 3.27. The summed E-state index contributed by atoms with van der Waals surface area (Å²) < 4.78 is 5.17. The van der Waals surface area contributed by atoms with E-state index in [2.05, 4.69) is 28.8 Å². The largest absolute Gasteiger partial charge is 0.444 e. The van der Waals surface area contributed by atoms with E-state index in [4.69, 9.17) is 4.74 Å². The summed E-state index contributed by atoms with van der Waals surface area (Å²) in [5.41, 5.74) is 0.364. The maximum absolute atomic E-state index is 12.4. The van der Waals surface area contributed by atoms with Crippen LogP contribution >= 0.6 is 0 Å². The molecule has 0 saturated carbocycles. The van der Waals surface area contributed by atoms with Crippen LogP contribution in [0.5, 0.6) is 0 Å². The number of urea groups is 1. The molecule has 1 aromatic rings. The Kier molecular flexibility index (Phi) is 8.52. The molecule has 30 heavy (non-hydrogen) atoms. The van der Waals surface area contributed by atoms with Crippen LogP contribution in [0.25, 0.3) is 0 Å². The average molecular weight is 415 g/mol. The van der Waals surface area contributed by atoms with Crippen LogP contribution in [0.3, 0.4) is 0 Å². The third-order valence-corrected chi connectivity index (χ3v) is 5.28. The minimum atomic E-state index is -0.522. The quantitative estimate of drug-likeness (QED) is 0.663. The van der Waals surface area contributed by atoms with Gasteiger partial charge in [0.1, 0.15) is 5.60 Å². The van der Waals surface area contributed by atoms with Gasteiger partial charge < -0.3 is 20.3 Å². The van der Waals surface area contributed by atoms with Crippen molar-refractivity contribution in [2.45, 2.75) is 58.5 Å². The molecule has 2 rings (SSSR count). The summed E-state index contributed by atoms with van der Waals surface area (Å²) in [5, 5.41) is 15.3. The fourth-order valence-corrected chi connectivity index (χ4v) is 3.48. The van der Waals surface area contributed by atoms with Crippen molar-refractivity contribution in [1.82, 2.24) is 15.5 Å². The van der Waals surface area contributed by atoms with Gasteiger partial charge >= 0.3 is 12.1 Å². The number of piperidine rings is 1. The van der Waals surface area contributed by atoms with Crippen molar-refractivity contribution < 1.29 is 14.3 Å². The molecule has 1 saturated heterocycles. The highest BCUT2D eigenvalue weighted by atomic mass is 16.6. The number of alkyl carbamates (subject to hydrolysis) is 1. The van der Waals surface area contributed by atoms with E-state index in [1.54, 1.807) is 4.90 Å². The van der Waals surface area contributed by atoms with Crippen LogP contribution in [-0.2, 0) is 11.2 Å². The molecule has 0 aromatic heterocycles. The van der Waals surface area contributed by atoms with Crippen LogP contribution in [0.4, 0.5) is 9.59 Å². The number of nitriles is 1. The van der Waals surface area contributed by atoms with Gasteiger partial charge in [0, 0.05) is 26.2 Å². The van der Waals surface area contributed by atoms with Gasteiger partial charge in [-0.15, -0.1) is 0 Å². The van der Waals surface area contributed by atoms with Crippen molar-refractivity contribution in [3.05, 3.63) is 35.9 Å².